The molecule has 0 aliphatic heterocycles. The molecule has 3 heterocycles. The van der Waals surface area contributed by atoms with Crippen LogP contribution in [0.25, 0.3) is 21.5 Å². The summed E-state index contributed by atoms with van der Waals surface area (Å²) in [6, 6.07) is 10.7. The number of thiophene rings is 1. The number of anilines is 1. The molecule has 0 unspecified atom stereocenters. The van der Waals surface area contributed by atoms with Crippen LogP contribution in [-0.4, -0.2) is 20.8 Å². The Kier molecular flexibility index (Phi) is 4.38. The minimum atomic E-state index is -0.440. The highest BCUT2D eigenvalue weighted by Gasteiger charge is 2.15. The number of pyridine rings is 1. The maximum absolute atomic E-state index is 12.5. The van der Waals surface area contributed by atoms with Crippen LogP contribution in [0, 0.1) is 17.0 Å². The Morgan fingerprint density at radius 2 is 1.93 bits per heavy atom. The van der Waals surface area contributed by atoms with Crippen molar-refractivity contribution in [2.45, 2.75) is 6.92 Å². The number of hydrogen-bond acceptors (Lipinski definition) is 7. The van der Waals surface area contributed by atoms with Crippen molar-refractivity contribution < 1.29 is 9.72 Å². The van der Waals surface area contributed by atoms with Gasteiger partial charge in [-0.3, -0.25) is 25.2 Å². The Balaban J connectivity index is 1.54. The van der Waals surface area contributed by atoms with Gasteiger partial charge in [0.05, 0.1) is 26.4 Å². The number of aryl methyl sites for hydroxylation is 1. The zero-order chi connectivity index (χ0) is 19.0. The number of hydrogen-bond donors (Lipinski definition) is 1. The number of fused-ring (bicyclic) bond motifs is 1. The summed E-state index contributed by atoms with van der Waals surface area (Å²) in [6.45, 7) is 1.90. The number of nitro groups is 1. The number of aromatic nitrogens is 2. The van der Waals surface area contributed by atoms with Crippen molar-refractivity contribution in [1.29, 1.82) is 0 Å². The molecule has 4 rings (SSSR count). The zero-order valence-corrected chi connectivity index (χ0v) is 15.6. The largest absolute Gasteiger partial charge is 0.298 e. The number of rotatable bonds is 4. The van der Waals surface area contributed by atoms with Gasteiger partial charge in [0.2, 0.25) is 0 Å². The number of nitrogens with one attached hydrogen (secondary N) is 1. The molecule has 1 N–H and O–H groups in total. The lowest BCUT2D eigenvalue weighted by atomic mass is 10.1. The van der Waals surface area contributed by atoms with Gasteiger partial charge in [-0.25, -0.2) is 4.98 Å². The highest BCUT2D eigenvalue weighted by atomic mass is 32.1. The normalized spacial score (nSPS) is 10.9. The predicted molar refractivity (Wildman–Crippen MR) is 107 cm³/mol. The van der Waals surface area contributed by atoms with Crippen LogP contribution < -0.4 is 5.32 Å². The smallest absolute Gasteiger partial charge is 0.280 e. The zero-order valence-electron chi connectivity index (χ0n) is 14.0. The third-order valence-corrected chi connectivity index (χ3v) is 5.57. The molecule has 27 heavy (non-hydrogen) atoms. The second-order valence-electron chi connectivity index (χ2n) is 5.78. The van der Waals surface area contributed by atoms with E-state index in [9.17, 15) is 14.9 Å². The molecule has 4 aromatic rings. The van der Waals surface area contributed by atoms with E-state index in [0.717, 1.165) is 16.6 Å². The summed E-state index contributed by atoms with van der Waals surface area (Å²) >= 11 is 2.51. The lowest BCUT2D eigenvalue weighted by molar-refractivity contribution is -0.384. The standard InChI is InChI=1S/C18H12N4O3S2/c1-10-2-3-11-4-5-12(6-14(11)19-10)17(23)21-18-20-15(9-27-18)16-7-13(8-26-16)22(24)25/h2-9H,1H3,(H,20,21,23). The molecule has 0 bridgehead atoms. The molecule has 0 fully saturated rings. The van der Waals surface area contributed by atoms with Gasteiger partial charge in [0.1, 0.15) is 0 Å². The number of benzene rings is 1. The van der Waals surface area contributed by atoms with E-state index < -0.39 is 4.92 Å². The van der Waals surface area contributed by atoms with Crippen molar-refractivity contribution in [2.24, 2.45) is 0 Å². The predicted octanol–water partition coefficient (Wildman–Crippen LogP) is 4.89. The molecule has 0 saturated carbocycles. The van der Waals surface area contributed by atoms with Crippen LogP contribution in [0.2, 0.25) is 0 Å². The first kappa shape index (κ1) is 17.3. The molecular weight excluding hydrogens is 384 g/mol. The number of carbonyl (C=O) groups excluding carboxylic acids is 1. The number of thiazole rings is 1. The third kappa shape index (κ3) is 3.55. The third-order valence-electron chi connectivity index (χ3n) is 3.87. The van der Waals surface area contributed by atoms with Gasteiger partial charge in [-0.15, -0.1) is 22.7 Å². The van der Waals surface area contributed by atoms with Gasteiger partial charge in [0.15, 0.2) is 5.13 Å². The Labute approximate surface area is 161 Å². The fraction of sp³-hybridized carbons (Fsp3) is 0.0556. The Bertz CT molecular complexity index is 1180. The van der Waals surface area contributed by atoms with Crippen LogP contribution in [0.1, 0.15) is 16.1 Å². The van der Waals surface area contributed by atoms with Crippen LogP contribution in [0.3, 0.4) is 0 Å². The van der Waals surface area contributed by atoms with Crippen LogP contribution >= 0.6 is 22.7 Å². The first-order valence-corrected chi connectivity index (χ1v) is 9.63. The quantitative estimate of drug-likeness (QED) is 0.391. The van der Waals surface area contributed by atoms with Crippen molar-refractivity contribution in [2.75, 3.05) is 5.32 Å². The lowest BCUT2D eigenvalue weighted by Gasteiger charge is -2.04. The van der Waals surface area contributed by atoms with Crippen molar-refractivity contribution in [3.8, 4) is 10.6 Å². The first-order chi connectivity index (χ1) is 13.0. The molecule has 0 aliphatic carbocycles. The summed E-state index contributed by atoms with van der Waals surface area (Å²) in [5, 5.41) is 18.2. The van der Waals surface area contributed by atoms with Crippen molar-refractivity contribution in [3.05, 3.63) is 68.5 Å². The molecule has 7 nitrogen and oxygen atoms in total. The summed E-state index contributed by atoms with van der Waals surface area (Å²) in [5.74, 6) is -0.279. The van der Waals surface area contributed by atoms with E-state index >= 15 is 0 Å². The second kappa shape index (κ2) is 6.86. The summed E-state index contributed by atoms with van der Waals surface area (Å²) in [7, 11) is 0. The van der Waals surface area contributed by atoms with Crippen molar-refractivity contribution in [1.82, 2.24) is 9.97 Å². The average Bonchev–Trinajstić information content (AvgIpc) is 3.30. The summed E-state index contributed by atoms with van der Waals surface area (Å²) in [6.07, 6.45) is 0. The highest BCUT2D eigenvalue weighted by Crippen LogP contribution is 2.33. The van der Waals surface area contributed by atoms with Crippen molar-refractivity contribution >= 4 is 50.3 Å². The molecule has 1 amide bonds. The molecule has 1 aromatic carbocycles. The Morgan fingerprint density at radius 1 is 1.11 bits per heavy atom. The van der Waals surface area contributed by atoms with Gasteiger partial charge >= 0.3 is 0 Å². The van der Waals surface area contributed by atoms with Gasteiger partial charge in [-0.2, -0.15) is 0 Å². The van der Waals surface area contributed by atoms with Crippen molar-refractivity contribution in [3.63, 3.8) is 0 Å². The van der Waals surface area contributed by atoms with Crippen LogP contribution in [0.15, 0.2) is 47.2 Å². The summed E-state index contributed by atoms with van der Waals surface area (Å²) in [4.78, 5) is 32.4. The van der Waals surface area contributed by atoms with Crippen LogP contribution in [0.4, 0.5) is 10.8 Å². The highest BCUT2D eigenvalue weighted by molar-refractivity contribution is 7.16. The van der Waals surface area contributed by atoms with E-state index in [0.29, 0.717) is 21.3 Å². The molecule has 0 radical (unpaired) electrons. The molecule has 0 aliphatic rings. The molecule has 0 saturated heterocycles. The maximum Gasteiger partial charge on any atom is 0.280 e. The topological polar surface area (TPSA) is 98.0 Å². The number of carbonyl (C=O) groups is 1. The summed E-state index contributed by atoms with van der Waals surface area (Å²) in [5.41, 5.74) is 2.77. The monoisotopic (exact) mass is 396 g/mol. The molecule has 0 spiro atoms. The first-order valence-electron chi connectivity index (χ1n) is 7.87. The van der Waals surface area contributed by atoms with Gasteiger partial charge in [-0.1, -0.05) is 12.1 Å². The fourth-order valence-corrected chi connectivity index (χ4v) is 4.13. The molecule has 0 atom stereocenters. The second-order valence-corrected chi connectivity index (χ2v) is 7.55. The minimum absolute atomic E-state index is 0.0348. The minimum Gasteiger partial charge on any atom is -0.298 e. The SMILES string of the molecule is Cc1ccc2ccc(C(=O)Nc3nc(-c4cc([N+](=O)[O-])cs4)cs3)cc2n1. The van der Waals surface area contributed by atoms with Gasteiger partial charge in [-0.05, 0) is 25.1 Å². The number of amides is 1. The van der Waals surface area contributed by atoms with E-state index in [-0.39, 0.29) is 11.6 Å². The van der Waals surface area contributed by atoms with Crippen LogP contribution in [0.5, 0.6) is 0 Å². The van der Waals surface area contributed by atoms with Gasteiger partial charge in [0.25, 0.3) is 11.6 Å². The van der Waals surface area contributed by atoms with E-state index in [1.165, 1.54) is 34.1 Å². The lowest BCUT2D eigenvalue weighted by Crippen LogP contribution is -2.11. The van der Waals surface area contributed by atoms with Gasteiger partial charge < -0.3 is 0 Å². The maximum atomic E-state index is 12.5. The summed E-state index contributed by atoms with van der Waals surface area (Å²) < 4.78 is 0. The number of nitrogens with zero attached hydrogens (tertiary/aromatic N) is 3. The molecule has 9 heteroatoms. The van der Waals surface area contributed by atoms with E-state index in [1.807, 2.05) is 25.1 Å². The van der Waals surface area contributed by atoms with Gasteiger partial charge in [0, 0.05) is 28.1 Å². The molecule has 3 aromatic heterocycles. The van der Waals surface area contributed by atoms with Crippen LogP contribution in [-0.2, 0) is 0 Å². The van der Waals surface area contributed by atoms with E-state index in [2.05, 4.69) is 15.3 Å². The van der Waals surface area contributed by atoms with E-state index in [4.69, 9.17) is 0 Å². The Morgan fingerprint density at radius 3 is 2.70 bits per heavy atom. The molecular formula is C18H12N4O3S2. The van der Waals surface area contributed by atoms with E-state index in [1.54, 1.807) is 17.5 Å². The average molecular weight is 396 g/mol. The molecule has 134 valence electrons. The Hall–Kier alpha value is -3.17. The fourth-order valence-electron chi connectivity index (χ4n) is 2.53.